The zero-order valence-electron chi connectivity index (χ0n) is 7.34. The fourth-order valence-electron chi connectivity index (χ4n) is 1.08. The van der Waals surface area contributed by atoms with Crippen LogP contribution in [0, 0.1) is 22.7 Å². The van der Waals surface area contributed by atoms with Gasteiger partial charge in [0.25, 0.3) is 6.43 Å². The van der Waals surface area contributed by atoms with E-state index < -0.39 is 12.1 Å². The van der Waals surface area contributed by atoms with Crippen LogP contribution in [0.3, 0.4) is 0 Å². The van der Waals surface area contributed by atoms with E-state index in [2.05, 4.69) is 4.98 Å². The minimum atomic E-state index is -2.85. The maximum absolute atomic E-state index is 12.4. The second-order valence-corrected chi connectivity index (χ2v) is 3.00. The summed E-state index contributed by atoms with van der Waals surface area (Å²) in [6.45, 7) is 0. The Kier molecular flexibility index (Phi) is 3.54. The summed E-state index contributed by atoms with van der Waals surface area (Å²) in [5.74, 6) is 0. The maximum atomic E-state index is 12.4. The van der Waals surface area contributed by atoms with Crippen LogP contribution in [-0.4, -0.2) is 4.98 Å². The van der Waals surface area contributed by atoms with Gasteiger partial charge < -0.3 is 0 Å². The van der Waals surface area contributed by atoms with Crippen molar-refractivity contribution in [3.05, 3.63) is 28.0 Å². The maximum Gasteiger partial charge on any atom is 0.281 e. The number of pyridine rings is 1. The molecule has 15 heavy (non-hydrogen) atoms. The van der Waals surface area contributed by atoms with E-state index in [1.807, 2.05) is 0 Å². The summed E-state index contributed by atoms with van der Waals surface area (Å²) in [6.07, 6.45) is -2.02. The normalized spacial score (nSPS) is 9.73. The van der Waals surface area contributed by atoms with E-state index in [1.165, 1.54) is 0 Å². The highest BCUT2D eigenvalue weighted by Crippen LogP contribution is 2.27. The monoisotopic (exact) mass is 227 g/mol. The Labute approximate surface area is 89.5 Å². The summed E-state index contributed by atoms with van der Waals surface area (Å²) in [5.41, 5.74) is -0.835. The molecule has 0 spiro atoms. The summed E-state index contributed by atoms with van der Waals surface area (Å²) in [4.78, 5) is 3.38. The summed E-state index contributed by atoms with van der Waals surface area (Å²) in [6, 6.07) is 3.35. The Morgan fingerprint density at radius 2 is 2.13 bits per heavy atom. The van der Waals surface area contributed by atoms with Crippen LogP contribution < -0.4 is 0 Å². The van der Waals surface area contributed by atoms with Gasteiger partial charge in [-0.25, -0.2) is 8.78 Å². The highest BCUT2D eigenvalue weighted by atomic mass is 35.5. The Bertz CT molecular complexity index is 460. The average molecular weight is 228 g/mol. The number of aromatic nitrogens is 1. The molecule has 0 N–H and O–H groups in total. The molecule has 0 amide bonds. The van der Waals surface area contributed by atoms with Gasteiger partial charge in [0, 0.05) is 11.8 Å². The molecule has 1 aromatic heterocycles. The molecular weight excluding hydrogens is 224 g/mol. The van der Waals surface area contributed by atoms with Crippen molar-refractivity contribution in [2.45, 2.75) is 12.8 Å². The number of rotatable bonds is 2. The standard InChI is InChI=1S/C9H4ClF2N3/c10-7-4-15-8(9(11)12)6(3-14)5(7)1-2-13/h4,9H,1H2. The van der Waals surface area contributed by atoms with Crippen molar-refractivity contribution in [1.82, 2.24) is 4.98 Å². The Morgan fingerprint density at radius 3 is 2.60 bits per heavy atom. The van der Waals surface area contributed by atoms with Gasteiger partial charge in [-0.05, 0) is 0 Å². The van der Waals surface area contributed by atoms with E-state index in [9.17, 15) is 8.78 Å². The number of halogens is 3. The lowest BCUT2D eigenvalue weighted by atomic mass is 10.1. The molecule has 0 aliphatic carbocycles. The van der Waals surface area contributed by atoms with Gasteiger partial charge in [-0.2, -0.15) is 10.5 Å². The van der Waals surface area contributed by atoms with Crippen LogP contribution in [0.4, 0.5) is 8.78 Å². The topological polar surface area (TPSA) is 60.5 Å². The van der Waals surface area contributed by atoms with E-state index in [4.69, 9.17) is 22.1 Å². The van der Waals surface area contributed by atoms with Gasteiger partial charge in [0.1, 0.15) is 11.8 Å². The third kappa shape index (κ3) is 2.20. The van der Waals surface area contributed by atoms with Crippen LogP contribution in [0.2, 0.25) is 5.02 Å². The first-order chi connectivity index (χ1) is 7.11. The fraction of sp³-hybridized carbons (Fsp3) is 0.222. The predicted molar refractivity (Wildman–Crippen MR) is 48.2 cm³/mol. The first-order valence-corrected chi connectivity index (χ1v) is 4.22. The van der Waals surface area contributed by atoms with Crippen molar-refractivity contribution >= 4 is 11.6 Å². The zero-order chi connectivity index (χ0) is 11.4. The average Bonchev–Trinajstić information content (AvgIpc) is 2.20. The Morgan fingerprint density at radius 1 is 1.47 bits per heavy atom. The van der Waals surface area contributed by atoms with Crippen LogP contribution in [0.1, 0.15) is 23.2 Å². The minimum absolute atomic E-state index is 0.0532. The SMILES string of the molecule is N#CCc1c(Cl)cnc(C(F)F)c1C#N. The fourth-order valence-corrected chi connectivity index (χ4v) is 1.29. The number of nitriles is 2. The highest BCUT2D eigenvalue weighted by Gasteiger charge is 2.19. The molecule has 0 aromatic carbocycles. The van der Waals surface area contributed by atoms with E-state index >= 15 is 0 Å². The van der Waals surface area contributed by atoms with Gasteiger partial charge in [-0.1, -0.05) is 11.6 Å². The molecule has 3 nitrogen and oxygen atoms in total. The van der Waals surface area contributed by atoms with Gasteiger partial charge in [0.2, 0.25) is 0 Å². The largest absolute Gasteiger partial charge is 0.281 e. The molecule has 0 aliphatic rings. The van der Waals surface area contributed by atoms with Crippen molar-refractivity contribution in [3.63, 3.8) is 0 Å². The lowest BCUT2D eigenvalue weighted by Gasteiger charge is -2.06. The van der Waals surface area contributed by atoms with E-state index in [0.29, 0.717) is 0 Å². The number of alkyl halides is 2. The molecule has 0 aliphatic heterocycles. The van der Waals surface area contributed by atoms with E-state index in [1.54, 1.807) is 12.1 Å². The van der Waals surface area contributed by atoms with Crippen LogP contribution in [-0.2, 0) is 6.42 Å². The molecule has 0 atom stereocenters. The molecule has 1 aromatic rings. The van der Waals surface area contributed by atoms with Crippen molar-refractivity contribution < 1.29 is 8.78 Å². The van der Waals surface area contributed by atoms with Crippen molar-refractivity contribution in [1.29, 1.82) is 10.5 Å². The second kappa shape index (κ2) is 4.68. The number of hydrogen-bond donors (Lipinski definition) is 0. The molecule has 76 valence electrons. The molecule has 0 fully saturated rings. The van der Waals surface area contributed by atoms with Crippen LogP contribution in [0.25, 0.3) is 0 Å². The molecule has 0 bridgehead atoms. The summed E-state index contributed by atoms with van der Waals surface area (Å²) >= 11 is 5.65. The van der Waals surface area contributed by atoms with Gasteiger partial charge in [-0.3, -0.25) is 4.98 Å². The number of nitrogens with zero attached hydrogens (tertiary/aromatic N) is 3. The third-order valence-corrected chi connectivity index (χ3v) is 2.06. The van der Waals surface area contributed by atoms with Crippen LogP contribution >= 0.6 is 11.6 Å². The second-order valence-electron chi connectivity index (χ2n) is 2.59. The summed E-state index contributed by atoms with van der Waals surface area (Å²) < 4.78 is 24.9. The molecular formula is C9H4ClF2N3. The lowest BCUT2D eigenvalue weighted by Crippen LogP contribution is -2.01. The highest BCUT2D eigenvalue weighted by molar-refractivity contribution is 6.31. The van der Waals surface area contributed by atoms with Gasteiger partial charge in [0.15, 0.2) is 0 Å². The third-order valence-electron chi connectivity index (χ3n) is 1.74. The Balaban J connectivity index is 3.43. The van der Waals surface area contributed by atoms with Gasteiger partial charge in [0.05, 0.1) is 23.1 Å². The van der Waals surface area contributed by atoms with Crippen molar-refractivity contribution in [2.24, 2.45) is 0 Å². The molecule has 0 radical (unpaired) electrons. The first kappa shape index (κ1) is 11.4. The smallest absolute Gasteiger partial charge is 0.252 e. The molecule has 0 saturated heterocycles. The van der Waals surface area contributed by atoms with E-state index in [-0.39, 0.29) is 22.6 Å². The molecule has 0 unspecified atom stereocenters. The molecule has 0 saturated carbocycles. The summed E-state index contributed by atoms with van der Waals surface area (Å²) in [5, 5.41) is 17.2. The number of hydrogen-bond acceptors (Lipinski definition) is 3. The molecule has 1 heterocycles. The van der Waals surface area contributed by atoms with E-state index in [0.717, 1.165) is 6.20 Å². The lowest BCUT2D eigenvalue weighted by molar-refractivity contribution is 0.145. The van der Waals surface area contributed by atoms with Crippen molar-refractivity contribution in [2.75, 3.05) is 0 Å². The summed E-state index contributed by atoms with van der Waals surface area (Å²) in [7, 11) is 0. The zero-order valence-corrected chi connectivity index (χ0v) is 8.09. The van der Waals surface area contributed by atoms with Gasteiger partial charge in [-0.15, -0.1) is 0 Å². The Hall–Kier alpha value is -1.72. The van der Waals surface area contributed by atoms with Gasteiger partial charge >= 0.3 is 0 Å². The molecule has 6 heteroatoms. The quantitative estimate of drug-likeness (QED) is 0.780. The van der Waals surface area contributed by atoms with Crippen molar-refractivity contribution in [3.8, 4) is 12.1 Å². The van der Waals surface area contributed by atoms with Crippen LogP contribution in [0.15, 0.2) is 6.20 Å². The minimum Gasteiger partial charge on any atom is -0.252 e. The van der Waals surface area contributed by atoms with Crippen LogP contribution in [0.5, 0.6) is 0 Å². The first-order valence-electron chi connectivity index (χ1n) is 3.84. The predicted octanol–water partition coefficient (Wildman–Crippen LogP) is 2.61. The molecule has 1 rings (SSSR count).